The fourth-order valence-electron chi connectivity index (χ4n) is 5.71. The van der Waals surface area contributed by atoms with E-state index in [1.165, 1.54) is 12.1 Å². The number of morpholine rings is 1. The average Bonchev–Trinajstić information content (AvgIpc) is 3.67. The van der Waals surface area contributed by atoms with E-state index >= 15 is 0 Å². The molecule has 0 bridgehead atoms. The summed E-state index contributed by atoms with van der Waals surface area (Å²) in [5.74, 6) is -0.673. The monoisotopic (exact) mass is 582 g/mol. The number of aromatic nitrogens is 2. The third kappa shape index (κ3) is 6.32. The molecule has 5 rings (SSSR count). The maximum atomic E-state index is 13.1. The predicted octanol–water partition coefficient (Wildman–Crippen LogP) is 4.97. The standard InChI is InChI=1S/C29H32F2N6O3S/c1-17(12-32)28(39)36-10-4-5-21(36)16-37-23-7-6-20(15-35-13-18(2)40-19(3)14-35)11-22(23)33-29(37)34-27(38)25-9-8-24(41-25)26(30)31/h6-9,11,18-19,21,26H,1,4-5,10,13-16H2,2-3H3,(H,33,34,38)/t18?,19?,21-/m1/s1. The summed E-state index contributed by atoms with van der Waals surface area (Å²) in [6, 6.07) is 10.2. The summed E-state index contributed by atoms with van der Waals surface area (Å²) in [4.78, 5) is 34.6. The minimum atomic E-state index is -2.66. The lowest BCUT2D eigenvalue weighted by molar-refractivity contribution is -0.127. The second kappa shape index (κ2) is 12.1. The highest BCUT2D eigenvalue weighted by molar-refractivity contribution is 7.14. The van der Waals surface area contributed by atoms with Gasteiger partial charge in [-0.15, -0.1) is 11.3 Å². The van der Waals surface area contributed by atoms with Crippen molar-refractivity contribution in [3.63, 3.8) is 0 Å². The fourth-order valence-corrected chi connectivity index (χ4v) is 6.46. The molecular formula is C29H32F2N6O3S. The molecule has 9 nitrogen and oxygen atoms in total. The Labute approximate surface area is 241 Å². The Bertz CT molecular complexity index is 1500. The largest absolute Gasteiger partial charge is 0.373 e. The molecule has 41 heavy (non-hydrogen) atoms. The molecule has 2 aromatic heterocycles. The number of likely N-dealkylation sites (tertiary alicyclic amines) is 1. The van der Waals surface area contributed by atoms with Crippen LogP contribution in [0.2, 0.25) is 0 Å². The van der Waals surface area contributed by atoms with Crippen LogP contribution in [0.15, 0.2) is 42.5 Å². The van der Waals surface area contributed by atoms with E-state index in [0.717, 1.165) is 48.5 Å². The van der Waals surface area contributed by atoms with Crippen LogP contribution in [0, 0.1) is 11.3 Å². The third-order valence-electron chi connectivity index (χ3n) is 7.43. The van der Waals surface area contributed by atoms with Crippen LogP contribution >= 0.6 is 11.3 Å². The zero-order valence-electron chi connectivity index (χ0n) is 23.0. The van der Waals surface area contributed by atoms with E-state index in [0.29, 0.717) is 25.0 Å². The van der Waals surface area contributed by atoms with Crippen molar-refractivity contribution in [3.8, 4) is 6.07 Å². The maximum absolute atomic E-state index is 13.1. The Hall–Kier alpha value is -3.66. The zero-order chi connectivity index (χ0) is 29.3. The van der Waals surface area contributed by atoms with E-state index in [1.807, 2.05) is 28.8 Å². The smallest absolute Gasteiger partial charge is 0.272 e. The number of anilines is 1. The Morgan fingerprint density at radius 3 is 2.68 bits per heavy atom. The molecule has 2 amide bonds. The van der Waals surface area contributed by atoms with Gasteiger partial charge in [0.1, 0.15) is 11.6 Å². The number of ether oxygens (including phenoxy) is 1. The summed E-state index contributed by atoms with van der Waals surface area (Å²) in [6.07, 6.45) is -0.890. The molecule has 1 aromatic carbocycles. The number of carbonyl (C=O) groups excluding carboxylic acids is 2. The molecule has 0 saturated carbocycles. The van der Waals surface area contributed by atoms with Crippen LogP contribution in [0.3, 0.4) is 0 Å². The SMILES string of the molecule is C=C(C#N)C(=O)N1CCC[C@@H]1Cn1c(NC(=O)c2ccc(C(F)F)s2)nc2cc(CN3CC(C)OC(C)C3)ccc21. The first kappa shape index (κ1) is 28.9. The van der Waals surface area contributed by atoms with Gasteiger partial charge in [-0.1, -0.05) is 12.6 Å². The highest BCUT2D eigenvalue weighted by atomic mass is 32.1. The van der Waals surface area contributed by atoms with Gasteiger partial charge >= 0.3 is 0 Å². The van der Waals surface area contributed by atoms with Gasteiger partial charge in [0.15, 0.2) is 0 Å². The number of hydrogen-bond donors (Lipinski definition) is 1. The van der Waals surface area contributed by atoms with Crippen molar-refractivity contribution in [3.05, 3.63) is 57.8 Å². The molecule has 4 heterocycles. The number of nitrogens with zero attached hydrogens (tertiary/aromatic N) is 5. The molecule has 2 fully saturated rings. The Morgan fingerprint density at radius 2 is 2.00 bits per heavy atom. The first-order valence-electron chi connectivity index (χ1n) is 13.6. The summed E-state index contributed by atoms with van der Waals surface area (Å²) >= 11 is 0.738. The number of alkyl halides is 2. The highest BCUT2D eigenvalue weighted by Gasteiger charge is 2.32. The molecule has 216 valence electrons. The summed E-state index contributed by atoms with van der Waals surface area (Å²) in [5.41, 5.74) is 2.38. The third-order valence-corrected chi connectivity index (χ3v) is 8.52. The topological polar surface area (TPSA) is 103 Å². The minimum Gasteiger partial charge on any atom is -0.373 e. The second-order valence-corrected chi connectivity index (χ2v) is 11.8. The number of fused-ring (bicyclic) bond motifs is 1. The number of benzene rings is 1. The molecule has 3 atom stereocenters. The van der Waals surface area contributed by atoms with Crippen molar-refractivity contribution < 1.29 is 23.1 Å². The van der Waals surface area contributed by atoms with Crippen molar-refractivity contribution >= 4 is 40.1 Å². The van der Waals surface area contributed by atoms with E-state index < -0.39 is 18.2 Å². The van der Waals surface area contributed by atoms with Crippen molar-refractivity contribution in [2.75, 3.05) is 25.0 Å². The van der Waals surface area contributed by atoms with Crippen LogP contribution in [0.4, 0.5) is 14.7 Å². The van der Waals surface area contributed by atoms with Crippen molar-refractivity contribution in [2.45, 2.75) is 64.5 Å². The van der Waals surface area contributed by atoms with Crippen molar-refractivity contribution in [1.82, 2.24) is 19.4 Å². The number of imidazole rings is 1. The first-order valence-corrected chi connectivity index (χ1v) is 14.4. The summed E-state index contributed by atoms with van der Waals surface area (Å²) < 4.78 is 34.0. The van der Waals surface area contributed by atoms with Crippen LogP contribution in [0.25, 0.3) is 11.0 Å². The van der Waals surface area contributed by atoms with Gasteiger partial charge in [-0.2, -0.15) is 5.26 Å². The Balaban J connectivity index is 1.45. The molecule has 2 aliphatic rings. The molecule has 0 spiro atoms. The lowest BCUT2D eigenvalue weighted by Gasteiger charge is -2.35. The van der Waals surface area contributed by atoms with Gasteiger partial charge in [0, 0.05) is 32.7 Å². The van der Waals surface area contributed by atoms with Gasteiger partial charge in [-0.3, -0.25) is 19.8 Å². The number of carbonyl (C=O) groups is 2. The van der Waals surface area contributed by atoms with Crippen LogP contribution < -0.4 is 5.32 Å². The van der Waals surface area contributed by atoms with Crippen LogP contribution in [-0.4, -0.2) is 69.0 Å². The normalized spacial score (nSPS) is 21.4. The number of amides is 2. The summed E-state index contributed by atoms with van der Waals surface area (Å²) in [7, 11) is 0. The average molecular weight is 583 g/mol. The van der Waals surface area contributed by atoms with Crippen LogP contribution in [0.1, 0.15) is 53.2 Å². The van der Waals surface area contributed by atoms with Crippen molar-refractivity contribution in [2.24, 2.45) is 0 Å². The lowest BCUT2D eigenvalue weighted by atomic mass is 10.1. The highest BCUT2D eigenvalue weighted by Crippen LogP contribution is 2.30. The van der Waals surface area contributed by atoms with Gasteiger partial charge in [0.25, 0.3) is 18.2 Å². The van der Waals surface area contributed by atoms with Gasteiger partial charge in [-0.05, 0) is 56.5 Å². The quantitative estimate of drug-likeness (QED) is 0.297. The number of nitrogens with one attached hydrogen (secondary N) is 1. The van der Waals surface area contributed by atoms with Gasteiger partial charge in [0.05, 0.1) is 39.0 Å². The van der Waals surface area contributed by atoms with Gasteiger partial charge < -0.3 is 14.2 Å². The van der Waals surface area contributed by atoms with E-state index in [9.17, 15) is 23.6 Å². The number of nitriles is 1. The van der Waals surface area contributed by atoms with E-state index in [-0.39, 0.29) is 39.5 Å². The predicted molar refractivity (Wildman–Crippen MR) is 152 cm³/mol. The molecule has 2 aliphatic heterocycles. The molecule has 3 aromatic rings. The molecule has 1 N–H and O–H groups in total. The second-order valence-electron chi connectivity index (χ2n) is 10.7. The van der Waals surface area contributed by atoms with Crippen molar-refractivity contribution in [1.29, 1.82) is 5.26 Å². The van der Waals surface area contributed by atoms with Gasteiger partial charge in [0.2, 0.25) is 5.95 Å². The van der Waals surface area contributed by atoms with E-state index in [1.54, 1.807) is 4.90 Å². The number of thiophene rings is 1. The summed E-state index contributed by atoms with van der Waals surface area (Å²) in [5, 5.41) is 12.0. The van der Waals surface area contributed by atoms with E-state index in [2.05, 4.69) is 30.6 Å². The molecule has 0 aliphatic carbocycles. The molecular weight excluding hydrogens is 550 g/mol. The molecule has 2 unspecified atom stereocenters. The lowest BCUT2D eigenvalue weighted by Crippen LogP contribution is -2.44. The van der Waals surface area contributed by atoms with Crippen LogP contribution in [-0.2, 0) is 22.6 Å². The molecule has 0 radical (unpaired) electrons. The number of hydrogen-bond acceptors (Lipinski definition) is 7. The maximum Gasteiger partial charge on any atom is 0.272 e. The molecule has 12 heteroatoms. The fraction of sp³-hybridized carbons (Fsp3) is 0.448. The number of rotatable bonds is 8. The zero-order valence-corrected chi connectivity index (χ0v) is 23.8. The number of halogens is 2. The Morgan fingerprint density at radius 1 is 1.24 bits per heavy atom. The van der Waals surface area contributed by atoms with Gasteiger partial charge in [-0.25, -0.2) is 13.8 Å². The first-order chi connectivity index (χ1) is 19.6. The van der Waals surface area contributed by atoms with E-state index in [4.69, 9.17) is 9.72 Å². The van der Waals surface area contributed by atoms with Crippen LogP contribution in [0.5, 0.6) is 0 Å². The Kier molecular flexibility index (Phi) is 8.49. The summed E-state index contributed by atoms with van der Waals surface area (Å²) in [6.45, 7) is 10.9. The minimum absolute atomic E-state index is 0.121. The molecule has 2 saturated heterocycles.